The molecule has 0 aliphatic heterocycles. The number of ether oxygens (including phenoxy) is 1. The summed E-state index contributed by atoms with van der Waals surface area (Å²) in [5, 5.41) is 7.31. The third kappa shape index (κ3) is 3.07. The molecule has 0 N–H and O–H groups in total. The van der Waals surface area contributed by atoms with Crippen molar-refractivity contribution in [2.24, 2.45) is 0 Å². The van der Waals surface area contributed by atoms with E-state index in [0.29, 0.717) is 0 Å². The average molecular weight is 326 g/mol. The molecular weight excluding hydrogens is 312 g/mol. The zero-order chi connectivity index (χ0) is 16.3. The quantitative estimate of drug-likeness (QED) is 0.737. The molecule has 0 saturated carbocycles. The van der Waals surface area contributed by atoms with Gasteiger partial charge in [0.15, 0.2) is 5.03 Å². The highest BCUT2D eigenvalue weighted by atomic mass is 32.2. The molecule has 0 aliphatic carbocycles. The van der Waals surface area contributed by atoms with Crippen LogP contribution in [0, 0.1) is 0 Å². The van der Waals surface area contributed by atoms with Crippen molar-refractivity contribution in [1.82, 2.24) is 10.2 Å². The summed E-state index contributed by atoms with van der Waals surface area (Å²) in [6.07, 6.45) is 0. The maximum atomic E-state index is 12.5. The summed E-state index contributed by atoms with van der Waals surface area (Å²) in [4.78, 5) is 0.177. The predicted octanol–water partition coefficient (Wildman–Crippen LogP) is 2.99. The van der Waals surface area contributed by atoms with Crippen LogP contribution in [0.15, 0.2) is 76.7 Å². The van der Waals surface area contributed by atoms with Crippen molar-refractivity contribution in [1.29, 1.82) is 0 Å². The van der Waals surface area contributed by atoms with E-state index in [0.717, 1.165) is 11.1 Å². The van der Waals surface area contributed by atoms with Crippen molar-refractivity contribution < 1.29 is 13.2 Å². The Hall–Kier alpha value is -2.73. The number of methoxy groups -OCH3 is 1. The van der Waals surface area contributed by atoms with Crippen LogP contribution in [-0.2, 0) is 9.84 Å². The summed E-state index contributed by atoms with van der Waals surface area (Å²) in [6.45, 7) is 0. The van der Waals surface area contributed by atoms with Gasteiger partial charge in [-0.2, -0.15) is 0 Å². The van der Waals surface area contributed by atoms with Crippen molar-refractivity contribution in [2.75, 3.05) is 7.11 Å². The van der Waals surface area contributed by atoms with E-state index in [4.69, 9.17) is 4.74 Å². The van der Waals surface area contributed by atoms with Gasteiger partial charge >= 0.3 is 0 Å². The number of hydrogen-bond donors (Lipinski definition) is 0. The van der Waals surface area contributed by atoms with Gasteiger partial charge < -0.3 is 4.74 Å². The normalized spacial score (nSPS) is 11.2. The Labute approximate surface area is 134 Å². The molecular formula is C17H14N2O3S. The molecule has 0 bridgehead atoms. The minimum Gasteiger partial charge on any atom is -0.480 e. The topological polar surface area (TPSA) is 69.2 Å². The van der Waals surface area contributed by atoms with Gasteiger partial charge in [-0.05, 0) is 29.3 Å². The maximum absolute atomic E-state index is 12.5. The molecule has 1 heterocycles. The molecule has 2 aromatic carbocycles. The maximum Gasteiger partial charge on any atom is 0.233 e. The van der Waals surface area contributed by atoms with Gasteiger partial charge in [-0.3, -0.25) is 0 Å². The first-order valence-corrected chi connectivity index (χ1v) is 8.38. The summed E-state index contributed by atoms with van der Waals surface area (Å²) in [5.74, 6) is 0.267. The van der Waals surface area contributed by atoms with Crippen LogP contribution < -0.4 is 4.74 Å². The SMILES string of the molecule is COc1ccc(S(=O)(=O)c2ccc(-c3ccccc3)cc2)nn1. The van der Waals surface area contributed by atoms with Crippen molar-refractivity contribution in [2.45, 2.75) is 9.92 Å². The fourth-order valence-corrected chi connectivity index (χ4v) is 3.27. The van der Waals surface area contributed by atoms with Gasteiger partial charge in [0.05, 0.1) is 12.0 Å². The van der Waals surface area contributed by atoms with Crippen LogP contribution in [0.1, 0.15) is 0 Å². The lowest BCUT2D eigenvalue weighted by molar-refractivity contribution is 0.389. The standard InChI is InChI=1S/C17H14N2O3S/c1-22-16-11-12-17(19-18-16)23(20,21)15-9-7-14(8-10-15)13-5-3-2-4-6-13/h2-12H,1H3. The average Bonchev–Trinajstić information content (AvgIpc) is 2.62. The van der Waals surface area contributed by atoms with Crippen LogP contribution in [0.2, 0.25) is 0 Å². The van der Waals surface area contributed by atoms with E-state index in [1.165, 1.54) is 19.2 Å². The van der Waals surface area contributed by atoms with Crippen molar-refractivity contribution in [3.8, 4) is 17.0 Å². The third-order valence-corrected chi connectivity index (χ3v) is 5.03. The molecule has 3 rings (SSSR count). The molecule has 0 radical (unpaired) electrons. The lowest BCUT2D eigenvalue weighted by Crippen LogP contribution is -2.06. The van der Waals surface area contributed by atoms with E-state index in [2.05, 4.69) is 10.2 Å². The molecule has 0 saturated heterocycles. The van der Waals surface area contributed by atoms with E-state index in [1.807, 2.05) is 30.3 Å². The molecule has 0 fully saturated rings. The Bertz CT molecular complexity index is 891. The first-order valence-electron chi connectivity index (χ1n) is 6.89. The van der Waals surface area contributed by atoms with Gasteiger partial charge in [-0.1, -0.05) is 42.5 Å². The molecule has 116 valence electrons. The van der Waals surface area contributed by atoms with Crippen molar-refractivity contribution in [3.63, 3.8) is 0 Å². The van der Waals surface area contributed by atoms with Gasteiger partial charge in [0.2, 0.25) is 15.7 Å². The molecule has 0 amide bonds. The molecule has 0 spiro atoms. The van der Waals surface area contributed by atoms with E-state index in [-0.39, 0.29) is 15.8 Å². The highest BCUT2D eigenvalue weighted by Gasteiger charge is 2.20. The predicted molar refractivity (Wildman–Crippen MR) is 85.9 cm³/mol. The summed E-state index contributed by atoms with van der Waals surface area (Å²) in [7, 11) is -2.25. The monoisotopic (exact) mass is 326 g/mol. The van der Waals surface area contributed by atoms with E-state index >= 15 is 0 Å². The second kappa shape index (κ2) is 6.18. The van der Waals surface area contributed by atoms with Crippen molar-refractivity contribution in [3.05, 3.63) is 66.7 Å². The summed E-state index contributed by atoms with van der Waals surface area (Å²) in [5.41, 5.74) is 1.98. The van der Waals surface area contributed by atoms with Crippen LogP contribution in [0.25, 0.3) is 11.1 Å². The van der Waals surface area contributed by atoms with Crippen LogP contribution in [-0.4, -0.2) is 25.7 Å². The fourth-order valence-electron chi connectivity index (χ4n) is 2.14. The number of nitrogens with zero attached hydrogens (tertiary/aromatic N) is 2. The number of benzene rings is 2. The number of rotatable bonds is 4. The van der Waals surface area contributed by atoms with Gasteiger partial charge in [0.25, 0.3) is 0 Å². The van der Waals surface area contributed by atoms with Crippen LogP contribution >= 0.6 is 0 Å². The molecule has 0 aliphatic rings. The third-order valence-electron chi connectivity index (χ3n) is 3.37. The molecule has 5 nitrogen and oxygen atoms in total. The minimum absolute atomic E-state index is 0.106. The van der Waals surface area contributed by atoms with Crippen LogP contribution in [0.3, 0.4) is 0 Å². The second-order valence-corrected chi connectivity index (χ2v) is 6.70. The fraction of sp³-hybridized carbons (Fsp3) is 0.0588. The summed E-state index contributed by atoms with van der Waals surface area (Å²) < 4.78 is 30.0. The molecule has 0 unspecified atom stereocenters. The first-order chi connectivity index (χ1) is 11.1. The van der Waals surface area contributed by atoms with Crippen molar-refractivity contribution >= 4 is 9.84 Å². The Morgan fingerprint density at radius 1 is 0.783 bits per heavy atom. The Morgan fingerprint density at radius 2 is 1.43 bits per heavy atom. The lowest BCUT2D eigenvalue weighted by atomic mass is 10.1. The lowest BCUT2D eigenvalue weighted by Gasteiger charge is -2.06. The highest BCUT2D eigenvalue weighted by Crippen LogP contribution is 2.24. The van der Waals surface area contributed by atoms with Crippen LogP contribution in [0.5, 0.6) is 5.88 Å². The number of hydrogen-bond acceptors (Lipinski definition) is 5. The van der Waals surface area contributed by atoms with E-state index in [1.54, 1.807) is 24.3 Å². The molecule has 1 aromatic heterocycles. The zero-order valence-corrected chi connectivity index (χ0v) is 13.2. The highest BCUT2D eigenvalue weighted by molar-refractivity contribution is 7.91. The Morgan fingerprint density at radius 3 is 2.00 bits per heavy atom. The second-order valence-electron chi connectivity index (χ2n) is 4.81. The van der Waals surface area contributed by atoms with Gasteiger partial charge in [0.1, 0.15) is 0 Å². The Balaban J connectivity index is 1.94. The van der Waals surface area contributed by atoms with E-state index in [9.17, 15) is 8.42 Å². The number of aromatic nitrogens is 2. The van der Waals surface area contributed by atoms with Gasteiger partial charge in [-0.25, -0.2) is 8.42 Å². The smallest absolute Gasteiger partial charge is 0.233 e. The summed E-state index contributed by atoms with van der Waals surface area (Å²) >= 11 is 0. The minimum atomic E-state index is -3.69. The summed E-state index contributed by atoms with van der Waals surface area (Å²) in [6, 6.07) is 19.3. The molecule has 23 heavy (non-hydrogen) atoms. The van der Waals surface area contributed by atoms with Gasteiger partial charge in [0, 0.05) is 6.07 Å². The first kappa shape index (κ1) is 15.2. The van der Waals surface area contributed by atoms with Crippen LogP contribution in [0.4, 0.5) is 0 Å². The molecule has 3 aromatic rings. The zero-order valence-electron chi connectivity index (χ0n) is 12.4. The van der Waals surface area contributed by atoms with E-state index < -0.39 is 9.84 Å². The largest absolute Gasteiger partial charge is 0.480 e. The van der Waals surface area contributed by atoms with Gasteiger partial charge in [-0.15, -0.1) is 10.2 Å². The molecule has 0 atom stereocenters. The molecule has 6 heteroatoms. The Kier molecular flexibility index (Phi) is 4.08. The number of sulfone groups is 1.